The number of phenols is 1. The number of halogens is 3. The van der Waals surface area contributed by atoms with Gasteiger partial charge < -0.3 is 37.2 Å². The molecule has 0 heterocycles. The number of nitrogens with two attached hydrogens (primary N) is 1. The molecule has 0 aliphatic carbocycles. The number of aromatic hydroxyl groups is 1. The van der Waals surface area contributed by atoms with Crippen LogP contribution in [0, 0.1) is 5.92 Å². The van der Waals surface area contributed by atoms with Crippen LogP contribution in [0.1, 0.15) is 31.4 Å². The SMILES string of the molecule is C[C@@H](NC(=O)[C@@H](N)Cc1ccc(O)cc1)C(=O)NCC(=O)N[C@@H](Cc1ccccc1)C(=O)N[C@@H](C[C@H](C)C(F)(F)F)C(=O)O. The zero-order valence-electron chi connectivity index (χ0n) is 24.1. The number of carboxylic acids is 1. The highest BCUT2D eigenvalue weighted by Crippen LogP contribution is 2.29. The van der Waals surface area contributed by atoms with Crippen LogP contribution < -0.4 is 27.0 Å². The largest absolute Gasteiger partial charge is 0.508 e. The van der Waals surface area contributed by atoms with Crippen LogP contribution in [-0.2, 0) is 36.8 Å². The second-order valence-electron chi connectivity index (χ2n) is 10.3. The zero-order chi connectivity index (χ0) is 33.0. The van der Waals surface area contributed by atoms with E-state index in [1.54, 1.807) is 42.5 Å². The summed E-state index contributed by atoms with van der Waals surface area (Å²) in [5.74, 6) is -6.92. The van der Waals surface area contributed by atoms with Gasteiger partial charge in [-0.3, -0.25) is 19.2 Å². The van der Waals surface area contributed by atoms with Gasteiger partial charge >= 0.3 is 12.1 Å². The van der Waals surface area contributed by atoms with Gasteiger partial charge in [-0.05, 0) is 43.0 Å². The first-order valence-corrected chi connectivity index (χ1v) is 13.6. The van der Waals surface area contributed by atoms with Gasteiger partial charge in [0.1, 0.15) is 23.9 Å². The summed E-state index contributed by atoms with van der Waals surface area (Å²) < 4.78 is 39.0. The molecule has 8 N–H and O–H groups in total. The Morgan fingerprint density at radius 2 is 1.39 bits per heavy atom. The third kappa shape index (κ3) is 11.9. The van der Waals surface area contributed by atoms with Crippen LogP contribution in [0.2, 0.25) is 0 Å². The molecule has 5 atom stereocenters. The minimum Gasteiger partial charge on any atom is -0.508 e. The minimum absolute atomic E-state index is 0.0492. The van der Waals surface area contributed by atoms with E-state index in [-0.39, 0.29) is 18.6 Å². The van der Waals surface area contributed by atoms with Crippen molar-refractivity contribution in [2.45, 2.75) is 63.5 Å². The summed E-state index contributed by atoms with van der Waals surface area (Å²) in [5.41, 5.74) is 7.15. The number of alkyl halides is 3. The molecule has 2 aromatic carbocycles. The third-order valence-corrected chi connectivity index (χ3v) is 6.60. The Balaban J connectivity index is 1.98. The average molecular weight is 624 g/mol. The van der Waals surface area contributed by atoms with Crippen LogP contribution in [0.25, 0.3) is 0 Å². The molecule has 4 amide bonds. The molecule has 0 fully saturated rings. The first kappa shape index (κ1) is 35.5. The lowest BCUT2D eigenvalue weighted by Gasteiger charge is -2.24. The highest BCUT2D eigenvalue weighted by Gasteiger charge is 2.39. The van der Waals surface area contributed by atoms with E-state index >= 15 is 0 Å². The number of hydrogen-bond acceptors (Lipinski definition) is 7. The van der Waals surface area contributed by atoms with Crippen molar-refractivity contribution < 1.29 is 47.4 Å². The number of hydrogen-bond donors (Lipinski definition) is 7. The van der Waals surface area contributed by atoms with E-state index in [1.807, 2.05) is 0 Å². The molecular formula is C29H36F3N5O7. The molecule has 0 saturated heterocycles. The Kier molecular flexibility index (Phi) is 13.1. The van der Waals surface area contributed by atoms with Gasteiger partial charge in [0, 0.05) is 6.42 Å². The van der Waals surface area contributed by atoms with Crippen LogP contribution in [0.3, 0.4) is 0 Å². The topological polar surface area (TPSA) is 200 Å². The summed E-state index contributed by atoms with van der Waals surface area (Å²) in [5, 5.41) is 27.9. The van der Waals surface area contributed by atoms with Crippen molar-refractivity contribution in [2.75, 3.05) is 6.54 Å². The number of benzene rings is 2. The molecule has 0 unspecified atom stereocenters. The van der Waals surface area contributed by atoms with E-state index in [4.69, 9.17) is 5.73 Å². The Morgan fingerprint density at radius 3 is 1.95 bits per heavy atom. The minimum atomic E-state index is -4.68. The molecule has 0 bridgehead atoms. The summed E-state index contributed by atoms with van der Waals surface area (Å²) in [4.78, 5) is 62.2. The summed E-state index contributed by atoms with van der Waals surface area (Å²) in [6.07, 6.45) is -5.60. The van der Waals surface area contributed by atoms with Gasteiger partial charge in [0.15, 0.2) is 0 Å². The fourth-order valence-electron chi connectivity index (χ4n) is 3.97. The number of phenolic OH excluding ortho intramolecular Hbond substituents is 1. The predicted molar refractivity (Wildman–Crippen MR) is 152 cm³/mol. The highest BCUT2D eigenvalue weighted by molar-refractivity contribution is 5.94. The molecule has 0 spiro atoms. The van der Waals surface area contributed by atoms with Crippen molar-refractivity contribution in [1.82, 2.24) is 21.3 Å². The standard InChI is InChI=1S/C29H36F3N5O7/c1-16(29(30,31)32)12-23(28(43)44)37-27(42)22(14-18-6-4-3-5-7-18)36-24(39)15-34-25(40)17(2)35-26(41)21(33)13-19-8-10-20(38)11-9-19/h3-11,16-17,21-23,38H,12-15,33H2,1-2H3,(H,34,40)(H,35,41)(H,36,39)(H,37,42)(H,43,44)/t16-,17+,21-,22-,23-/m0/s1. The molecule has 15 heteroatoms. The van der Waals surface area contributed by atoms with Crippen molar-refractivity contribution in [3.8, 4) is 5.75 Å². The molecule has 2 rings (SSSR count). The molecule has 44 heavy (non-hydrogen) atoms. The fraction of sp³-hybridized carbons (Fsp3) is 0.414. The third-order valence-electron chi connectivity index (χ3n) is 6.60. The summed E-state index contributed by atoms with van der Waals surface area (Å²) in [6.45, 7) is 1.52. The van der Waals surface area contributed by atoms with Gasteiger partial charge in [-0.1, -0.05) is 49.4 Å². The van der Waals surface area contributed by atoms with Gasteiger partial charge in [0.25, 0.3) is 0 Å². The van der Waals surface area contributed by atoms with Gasteiger partial charge in [0.05, 0.1) is 18.5 Å². The Bertz CT molecular complexity index is 1290. The van der Waals surface area contributed by atoms with Gasteiger partial charge in [-0.15, -0.1) is 0 Å². The quantitative estimate of drug-likeness (QED) is 0.151. The maximum Gasteiger partial charge on any atom is 0.391 e. The van der Waals surface area contributed by atoms with Crippen LogP contribution >= 0.6 is 0 Å². The molecule has 0 aliphatic heterocycles. The van der Waals surface area contributed by atoms with E-state index in [9.17, 15) is 47.4 Å². The summed E-state index contributed by atoms with van der Waals surface area (Å²) >= 11 is 0. The highest BCUT2D eigenvalue weighted by atomic mass is 19.4. The smallest absolute Gasteiger partial charge is 0.391 e. The zero-order valence-corrected chi connectivity index (χ0v) is 24.1. The van der Waals surface area contributed by atoms with Crippen molar-refractivity contribution in [3.05, 3.63) is 65.7 Å². The van der Waals surface area contributed by atoms with Crippen LogP contribution in [0.15, 0.2) is 54.6 Å². The predicted octanol–water partition coefficient (Wildman–Crippen LogP) is 0.768. The number of rotatable bonds is 15. The van der Waals surface area contributed by atoms with Crippen LogP contribution in [-0.4, -0.2) is 76.7 Å². The first-order chi connectivity index (χ1) is 20.6. The lowest BCUT2D eigenvalue weighted by molar-refractivity contribution is -0.175. The number of carbonyl (C=O) groups is 5. The lowest BCUT2D eigenvalue weighted by Crippen LogP contribution is -2.55. The van der Waals surface area contributed by atoms with Crippen molar-refractivity contribution in [3.63, 3.8) is 0 Å². The van der Waals surface area contributed by atoms with Crippen LogP contribution in [0.4, 0.5) is 13.2 Å². The second-order valence-corrected chi connectivity index (χ2v) is 10.3. The van der Waals surface area contributed by atoms with Gasteiger partial charge in [-0.25, -0.2) is 4.79 Å². The molecule has 0 aromatic heterocycles. The van der Waals surface area contributed by atoms with Crippen molar-refractivity contribution in [2.24, 2.45) is 11.7 Å². The van der Waals surface area contributed by atoms with E-state index < -0.39 is 78.8 Å². The van der Waals surface area contributed by atoms with E-state index in [0.717, 1.165) is 6.92 Å². The number of carboxylic acid groups (broad SMARTS) is 1. The molecule has 0 aliphatic rings. The van der Waals surface area contributed by atoms with E-state index in [0.29, 0.717) is 11.1 Å². The molecular weight excluding hydrogens is 587 g/mol. The maximum absolute atomic E-state index is 13.0. The first-order valence-electron chi connectivity index (χ1n) is 13.6. The average Bonchev–Trinajstić information content (AvgIpc) is 2.96. The lowest BCUT2D eigenvalue weighted by atomic mass is 10.00. The summed E-state index contributed by atoms with van der Waals surface area (Å²) in [7, 11) is 0. The summed E-state index contributed by atoms with van der Waals surface area (Å²) in [6, 6.07) is 8.96. The number of carbonyl (C=O) groups excluding carboxylic acids is 4. The Hall–Kier alpha value is -4.66. The van der Waals surface area contributed by atoms with E-state index in [2.05, 4.69) is 21.3 Å². The molecule has 12 nitrogen and oxygen atoms in total. The molecule has 0 radical (unpaired) electrons. The molecule has 2 aromatic rings. The normalized spacial score (nSPS) is 14.7. The maximum atomic E-state index is 13.0. The molecule has 0 saturated carbocycles. The van der Waals surface area contributed by atoms with Gasteiger partial charge in [0.2, 0.25) is 23.6 Å². The number of aliphatic carboxylic acids is 1. The fourth-order valence-corrected chi connectivity index (χ4v) is 3.97. The monoisotopic (exact) mass is 623 g/mol. The molecule has 240 valence electrons. The van der Waals surface area contributed by atoms with Crippen LogP contribution in [0.5, 0.6) is 5.75 Å². The second kappa shape index (κ2) is 16.3. The Morgan fingerprint density at radius 1 is 0.795 bits per heavy atom. The Labute approximate surface area is 251 Å². The van der Waals surface area contributed by atoms with Crippen molar-refractivity contribution in [1.29, 1.82) is 0 Å². The van der Waals surface area contributed by atoms with Crippen molar-refractivity contribution >= 4 is 29.6 Å². The van der Waals surface area contributed by atoms with Gasteiger partial charge in [-0.2, -0.15) is 13.2 Å². The number of amides is 4. The number of nitrogens with one attached hydrogen (secondary N) is 4. The van der Waals surface area contributed by atoms with E-state index in [1.165, 1.54) is 19.1 Å².